The molecule has 4 nitrogen and oxygen atoms in total. The topological polar surface area (TPSA) is 66.2 Å². The number of aromatic carboxylic acids is 1. The van der Waals surface area contributed by atoms with Crippen LogP contribution in [0.15, 0.2) is 52.9 Å². The molecule has 4 aromatic rings. The predicted molar refractivity (Wildman–Crippen MR) is 108 cm³/mol. The van der Waals surface area contributed by atoms with Gasteiger partial charge in [0.2, 0.25) is 0 Å². The number of carboxylic acids is 1. The van der Waals surface area contributed by atoms with Crippen molar-refractivity contribution in [3.63, 3.8) is 0 Å². The quantitative estimate of drug-likeness (QED) is 0.402. The molecule has 2 aromatic heterocycles. The Balaban J connectivity index is 1.77. The minimum Gasteiger partial charge on any atom is -0.478 e. The normalized spacial score (nSPS) is 11.2. The van der Waals surface area contributed by atoms with Crippen LogP contribution in [0, 0.1) is 0 Å². The molecule has 0 unspecified atom stereocenters. The molecule has 2 aromatic carbocycles. The number of nitrogens with one attached hydrogen (secondary N) is 1. The first kappa shape index (κ1) is 17.7. The minimum absolute atomic E-state index is 0.245. The van der Waals surface area contributed by atoms with Crippen molar-refractivity contribution in [2.45, 2.75) is 13.3 Å². The predicted octanol–water partition coefficient (Wildman–Crippen LogP) is 6.66. The smallest absolute Gasteiger partial charge is 0.335 e. The maximum Gasteiger partial charge on any atom is 0.335 e. The number of carboxylic acid groups (broad SMARTS) is 1. The van der Waals surface area contributed by atoms with Gasteiger partial charge in [0, 0.05) is 16.1 Å². The van der Waals surface area contributed by atoms with E-state index in [1.54, 1.807) is 30.3 Å². The number of rotatable bonds is 4. The van der Waals surface area contributed by atoms with Crippen molar-refractivity contribution in [1.29, 1.82) is 0 Å². The van der Waals surface area contributed by atoms with Gasteiger partial charge in [-0.25, -0.2) is 4.79 Å². The van der Waals surface area contributed by atoms with Gasteiger partial charge in [0.1, 0.15) is 5.58 Å². The highest BCUT2D eigenvalue weighted by molar-refractivity contribution is 6.39. The van der Waals surface area contributed by atoms with Crippen LogP contribution in [0.2, 0.25) is 10.0 Å². The summed E-state index contributed by atoms with van der Waals surface area (Å²) in [5.74, 6) is -0.398. The number of hydrogen-bond donors (Lipinski definition) is 2. The summed E-state index contributed by atoms with van der Waals surface area (Å²) >= 11 is 12.8. The van der Waals surface area contributed by atoms with Crippen LogP contribution >= 0.6 is 23.2 Å². The van der Waals surface area contributed by atoms with Crippen molar-refractivity contribution >= 4 is 40.1 Å². The van der Waals surface area contributed by atoms with Crippen molar-refractivity contribution in [2.75, 3.05) is 0 Å². The fourth-order valence-electron chi connectivity index (χ4n) is 3.13. The van der Waals surface area contributed by atoms with Crippen LogP contribution in [-0.2, 0) is 6.42 Å². The highest BCUT2D eigenvalue weighted by atomic mass is 35.5. The van der Waals surface area contributed by atoms with E-state index in [4.69, 9.17) is 32.7 Å². The molecule has 6 heteroatoms. The van der Waals surface area contributed by atoms with Crippen LogP contribution in [0.5, 0.6) is 0 Å². The molecule has 0 saturated heterocycles. The lowest BCUT2D eigenvalue weighted by Crippen LogP contribution is -1.94. The van der Waals surface area contributed by atoms with Gasteiger partial charge < -0.3 is 14.5 Å². The van der Waals surface area contributed by atoms with E-state index in [2.05, 4.69) is 4.98 Å². The molecule has 0 bridgehead atoms. The van der Waals surface area contributed by atoms with E-state index in [0.29, 0.717) is 15.8 Å². The Hall–Kier alpha value is -2.69. The number of furan rings is 1. The van der Waals surface area contributed by atoms with E-state index in [-0.39, 0.29) is 5.56 Å². The maximum atomic E-state index is 11.0. The first-order chi connectivity index (χ1) is 13.0. The van der Waals surface area contributed by atoms with Gasteiger partial charge in [-0.05, 0) is 53.9 Å². The molecular formula is C21H15Cl2NO3. The molecule has 2 heterocycles. The molecule has 0 aliphatic heterocycles. The maximum absolute atomic E-state index is 11.0. The summed E-state index contributed by atoms with van der Waals surface area (Å²) in [6.45, 7) is 2.04. The van der Waals surface area contributed by atoms with E-state index >= 15 is 0 Å². The third-order valence-corrected chi connectivity index (χ3v) is 5.12. The number of aryl methyl sites for hydroxylation is 1. The minimum atomic E-state index is -0.951. The molecule has 27 heavy (non-hydrogen) atoms. The van der Waals surface area contributed by atoms with Crippen LogP contribution in [-0.4, -0.2) is 16.1 Å². The van der Waals surface area contributed by atoms with Crippen LogP contribution in [0.1, 0.15) is 22.8 Å². The molecule has 0 radical (unpaired) electrons. The summed E-state index contributed by atoms with van der Waals surface area (Å²) in [6.07, 6.45) is 0.784. The molecule has 136 valence electrons. The molecule has 4 rings (SSSR count). The monoisotopic (exact) mass is 399 g/mol. The van der Waals surface area contributed by atoms with E-state index < -0.39 is 5.97 Å². The van der Waals surface area contributed by atoms with Gasteiger partial charge in [0.25, 0.3) is 0 Å². The largest absolute Gasteiger partial charge is 0.478 e. The van der Waals surface area contributed by atoms with E-state index in [1.807, 2.05) is 25.1 Å². The number of carbonyl (C=O) groups is 1. The first-order valence-electron chi connectivity index (χ1n) is 8.41. The molecule has 0 spiro atoms. The number of fused-ring (bicyclic) bond motifs is 1. The highest BCUT2D eigenvalue weighted by Crippen LogP contribution is 2.40. The summed E-state index contributed by atoms with van der Waals surface area (Å²) in [7, 11) is 0. The second kappa shape index (κ2) is 6.80. The number of halogens is 2. The molecular weight excluding hydrogens is 385 g/mol. The fraction of sp³-hybridized carbons (Fsp3) is 0.0952. The van der Waals surface area contributed by atoms with Gasteiger partial charge >= 0.3 is 5.97 Å². The number of hydrogen-bond acceptors (Lipinski definition) is 2. The van der Waals surface area contributed by atoms with Gasteiger partial charge in [0.15, 0.2) is 5.76 Å². The third-order valence-electron chi connectivity index (χ3n) is 4.52. The molecule has 0 atom stereocenters. The second-order valence-corrected chi connectivity index (χ2v) is 7.02. The lowest BCUT2D eigenvalue weighted by atomic mass is 10.1. The van der Waals surface area contributed by atoms with E-state index in [9.17, 15) is 4.79 Å². The first-order valence-corrected chi connectivity index (χ1v) is 9.17. The Kier molecular flexibility index (Phi) is 4.46. The highest BCUT2D eigenvalue weighted by Gasteiger charge is 2.18. The molecule has 2 N–H and O–H groups in total. The van der Waals surface area contributed by atoms with Crippen molar-refractivity contribution < 1.29 is 14.3 Å². The Morgan fingerprint density at radius 2 is 1.78 bits per heavy atom. The van der Waals surface area contributed by atoms with Crippen molar-refractivity contribution in [2.24, 2.45) is 0 Å². The van der Waals surface area contributed by atoms with Gasteiger partial charge in [-0.3, -0.25) is 0 Å². The summed E-state index contributed by atoms with van der Waals surface area (Å²) < 4.78 is 6.06. The summed E-state index contributed by atoms with van der Waals surface area (Å²) in [4.78, 5) is 14.3. The van der Waals surface area contributed by atoms with Gasteiger partial charge in [0.05, 0.1) is 16.3 Å². The Labute approximate surface area is 165 Å². The van der Waals surface area contributed by atoms with Crippen LogP contribution in [0.3, 0.4) is 0 Å². The zero-order valence-electron chi connectivity index (χ0n) is 14.3. The van der Waals surface area contributed by atoms with E-state index in [1.165, 1.54) is 0 Å². The molecule has 0 aliphatic carbocycles. The lowest BCUT2D eigenvalue weighted by molar-refractivity contribution is 0.0697. The third kappa shape index (κ3) is 3.11. The van der Waals surface area contributed by atoms with Crippen molar-refractivity contribution in [3.05, 3.63) is 69.7 Å². The summed E-state index contributed by atoms with van der Waals surface area (Å²) in [5, 5.41) is 10.9. The lowest BCUT2D eigenvalue weighted by Gasteiger charge is -2.00. The summed E-state index contributed by atoms with van der Waals surface area (Å²) in [5.41, 5.74) is 4.44. The SMILES string of the molecule is CCc1cc(Cl)cc2c(Cl)c(-c3ccc(-c4ccc(C(=O)O)cc4)[nH]3)oc12. The van der Waals surface area contributed by atoms with Gasteiger partial charge in [-0.2, -0.15) is 0 Å². The summed E-state index contributed by atoms with van der Waals surface area (Å²) in [6, 6.07) is 14.1. The van der Waals surface area contributed by atoms with Crippen molar-refractivity contribution in [3.8, 4) is 22.7 Å². The Morgan fingerprint density at radius 1 is 1.07 bits per heavy atom. The molecule has 0 aliphatic rings. The van der Waals surface area contributed by atoms with E-state index in [0.717, 1.165) is 39.9 Å². The fourth-order valence-corrected chi connectivity index (χ4v) is 3.65. The van der Waals surface area contributed by atoms with Crippen LogP contribution in [0.4, 0.5) is 0 Å². The Bertz CT molecular complexity index is 1160. The average Bonchev–Trinajstić information content (AvgIpc) is 3.27. The second-order valence-electron chi connectivity index (χ2n) is 6.21. The Morgan fingerprint density at radius 3 is 2.44 bits per heavy atom. The molecule has 0 amide bonds. The number of H-pyrrole nitrogens is 1. The van der Waals surface area contributed by atoms with Gasteiger partial charge in [-0.1, -0.05) is 42.3 Å². The number of aromatic nitrogens is 1. The van der Waals surface area contributed by atoms with Crippen LogP contribution < -0.4 is 0 Å². The van der Waals surface area contributed by atoms with Crippen LogP contribution in [0.25, 0.3) is 33.7 Å². The standard InChI is InChI=1S/C21H15Cl2NO3/c1-2-11-9-14(22)10-15-18(23)20(27-19(11)15)17-8-7-16(24-17)12-3-5-13(6-4-12)21(25)26/h3-10,24H,2H2,1H3,(H,25,26). The average molecular weight is 400 g/mol. The molecule has 0 saturated carbocycles. The zero-order chi connectivity index (χ0) is 19.1. The molecule has 0 fully saturated rings. The number of aromatic amines is 1. The number of benzene rings is 2. The van der Waals surface area contributed by atoms with Gasteiger partial charge in [-0.15, -0.1) is 0 Å². The van der Waals surface area contributed by atoms with Crippen molar-refractivity contribution in [1.82, 2.24) is 4.98 Å². The zero-order valence-corrected chi connectivity index (χ0v) is 15.9.